The first-order valence-corrected chi connectivity index (χ1v) is 11.8. The van der Waals surface area contributed by atoms with Gasteiger partial charge in [-0.1, -0.05) is 45.0 Å². The Hall–Kier alpha value is -3.72. The Morgan fingerprint density at radius 2 is 1.82 bits per heavy atom. The molecule has 0 saturated carbocycles. The second kappa shape index (κ2) is 9.64. The van der Waals surface area contributed by atoms with Gasteiger partial charge in [0.2, 0.25) is 17.7 Å². The molecule has 2 heterocycles. The molecule has 0 unspecified atom stereocenters. The van der Waals surface area contributed by atoms with Crippen LogP contribution >= 0.6 is 11.3 Å². The molecule has 1 aromatic heterocycles. The summed E-state index contributed by atoms with van der Waals surface area (Å²) in [4.78, 5) is 43.3. The molecule has 2 N–H and O–H groups in total. The molecule has 0 fully saturated rings. The maximum Gasteiger partial charge on any atom is 0.246 e. The minimum Gasteiger partial charge on any atom is -0.491 e. The number of nitrogens with zero attached hydrogens (tertiary/aromatic N) is 2. The first-order chi connectivity index (χ1) is 16.2. The Morgan fingerprint density at radius 1 is 1.09 bits per heavy atom. The number of aromatic nitrogens is 1. The monoisotopic (exact) mass is 478 g/mol. The third kappa shape index (κ3) is 5.43. The summed E-state index contributed by atoms with van der Waals surface area (Å²) in [5.74, 6) is 0.0144. The van der Waals surface area contributed by atoms with E-state index in [1.165, 1.54) is 16.2 Å². The number of fused-ring (bicyclic) bond motifs is 1. The number of amides is 3. The van der Waals surface area contributed by atoms with Gasteiger partial charge in [0.25, 0.3) is 0 Å². The molecule has 0 radical (unpaired) electrons. The first kappa shape index (κ1) is 23.4. The number of hydrogen-bond acceptors (Lipinski definition) is 6. The van der Waals surface area contributed by atoms with Gasteiger partial charge in [-0.25, -0.2) is 4.98 Å². The summed E-state index contributed by atoms with van der Waals surface area (Å²) < 4.78 is 5.62. The molecule has 0 bridgehead atoms. The molecule has 0 aliphatic carbocycles. The van der Waals surface area contributed by atoms with Crippen molar-refractivity contribution >= 4 is 45.6 Å². The SMILES string of the molecule is CC(C)(C)C(=O)Nc1ccc(-c2csc(NC(=O)CN3C(=O)CCOc4ccccc43)n2)cc1. The van der Waals surface area contributed by atoms with Gasteiger partial charge in [-0.05, 0) is 24.3 Å². The molecule has 0 atom stereocenters. The molecule has 1 aliphatic heterocycles. The Bertz CT molecular complexity index is 1210. The number of thiazole rings is 1. The fraction of sp³-hybridized carbons (Fsp3) is 0.280. The van der Waals surface area contributed by atoms with Crippen LogP contribution in [0.25, 0.3) is 11.3 Å². The van der Waals surface area contributed by atoms with Gasteiger partial charge in [0.1, 0.15) is 12.3 Å². The zero-order chi connectivity index (χ0) is 24.3. The number of ether oxygens (including phenoxy) is 1. The van der Waals surface area contributed by atoms with Crippen LogP contribution in [0.5, 0.6) is 5.75 Å². The molecule has 2 aromatic carbocycles. The van der Waals surface area contributed by atoms with Gasteiger partial charge < -0.3 is 15.4 Å². The summed E-state index contributed by atoms with van der Waals surface area (Å²) in [5.41, 5.74) is 2.38. The van der Waals surface area contributed by atoms with E-state index in [2.05, 4.69) is 15.6 Å². The highest BCUT2D eigenvalue weighted by Gasteiger charge is 2.25. The van der Waals surface area contributed by atoms with E-state index in [0.29, 0.717) is 27.9 Å². The van der Waals surface area contributed by atoms with Crippen LogP contribution < -0.4 is 20.3 Å². The minimum atomic E-state index is -0.478. The highest BCUT2D eigenvalue weighted by molar-refractivity contribution is 7.14. The van der Waals surface area contributed by atoms with Gasteiger partial charge in [-0.3, -0.25) is 19.3 Å². The van der Waals surface area contributed by atoms with Gasteiger partial charge in [-0.2, -0.15) is 0 Å². The van der Waals surface area contributed by atoms with E-state index >= 15 is 0 Å². The van der Waals surface area contributed by atoms with Gasteiger partial charge in [-0.15, -0.1) is 11.3 Å². The van der Waals surface area contributed by atoms with Crippen LogP contribution in [0.2, 0.25) is 0 Å². The quantitative estimate of drug-likeness (QED) is 0.560. The lowest BCUT2D eigenvalue weighted by Gasteiger charge is -2.20. The summed E-state index contributed by atoms with van der Waals surface area (Å²) >= 11 is 1.30. The average Bonchev–Trinajstić information content (AvgIpc) is 3.19. The molecule has 34 heavy (non-hydrogen) atoms. The van der Waals surface area contributed by atoms with Crippen LogP contribution in [0.3, 0.4) is 0 Å². The lowest BCUT2D eigenvalue weighted by molar-refractivity contribution is -0.123. The first-order valence-electron chi connectivity index (χ1n) is 10.9. The summed E-state index contributed by atoms with van der Waals surface area (Å²) in [5, 5.41) is 7.96. The fourth-order valence-electron chi connectivity index (χ4n) is 3.30. The van der Waals surface area contributed by atoms with Crippen LogP contribution in [-0.4, -0.2) is 35.9 Å². The predicted molar refractivity (Wildman–Crippen MR) is 133 cm³/mol. The highest BCUT2D eigenvalue weighted by atomic mass is 32.1. The van der Waals surface area contributed by atoms with Crippen molar-refractivity contribution in [3.63, 3.8) is 0 Å². The van der Waals surface area contributed by atoms with E-state index in [4.69, 9.17) is 4.74 Å². The molecule has 0 saturated heterocycles. The number of carbonyl (C=O) groups excluding carboxylic acids is 3. The molecule has 0 spiro atoms. The summed E-state index contributed by atoms with van der Waals surface area (Å²) in [6, 6.07) is 14.6. The molecule has 8 nitrogen and oxygen atoms in total. The van der Waals surface area contributed by atoms with Crippen molar-refractivity contribution in [3.8, 4) is 17.0 Å². The lowest BCUT2D eigenvalue weighted by Crippen LogP contribution is -2.37. The summed E-state index contributed by atoms with van der Waals surface area (Å²) in [6.07, 6.45) is 0.204. The largest absolute Gasteiger partial charge is 0.491 e. The molecular formula is C25H26N4O4S. The van der Waals surface area contributed by atoms with Gasteiger partial charge in [0.05, 0.1) is 24.4 Å². The smallest absolute Gasteiger partial charge is 0.246 e. The molecule has 1 aliphatic rings. The normalized spacial score (nSPS) is 13.5. The minimum absolute atomic E-state index is 0.0593. The Kier molecular flexibility index (Phi) is 6.65. The Morgan fingerprint density at radius 3 is 2.56 bits per heavy atom. The van der Waals surface area contributed by atoms with Crippen molar-refractivity contribution in [2.75, 3.05) is 28.7 Å². The molecule has 3 amide bonds. The number of nitrogens with one attached hydrogen (secondary N) is 2. The second-order valence-corrected chi connectivity index (χ2v) is 9.77. The number of para-hydroxylation sites is 2. The van der Waals surface area contributed by atoms with E-state index in [9.17, 15) is 14.4 Å². The van der Waals surface area contributed by atoms with Crippen LogP contribution in [0.15, 0.2) is 53.9 Å². The Labute approximate surface area is 202 Å². The zero-order valence-electron chi connectivity index (χ0n) is 19.3. The van der Waals surface area contributed by atoms with Crippen molar-refractivity contribution in [1.29, 1.82) is 0 Å². The number of carbonyl (C=O) groups is 3. The van der Waals surface area contributed by atoms with Crippen molar-refractivity contribution in [2.45, 2.75) is 27.2 Å². The standard InChI is InChI=1S/C25H26N4O4S/c1-25(2,3)23(32)26-17-10-8-16(9-11-17)18-15-34-24(27-18)28-21(30)14-29-19-6-4-5-7-20(19)33-13-12-22(29)31/h4-11,15H,12-14H2,1-3H3,(H,26,32)(H,27,28,30). The van der Waals surface area contributed by atoms with Crippen molar-refractivity contribution in [1.82, 2.24) is 4.98 Å². The zero-order valence-corrected chi connectivity index (χ0v) is 20.1. The molecule has 4 rings (SSSR count). The van der Waals surface area contributed by atoms with Gasteiger partial charge in [0.15, 0.2) is 5.13 Å². The highest BCUT2D eigenvalue weighted by Crippen LogP contribution is 2.31. The van der Waals surface area contributed by atoms with E-state index in [-0.39, 0.29) is 37.3 Å². The molecule has 3 aromatic rings. The third-order valence-corrected chi connectivity index (χ3v) is 5.96. The second-order valence-electron chi connectivity index (χ2n) is 8.91. The van der Waals surface area contributed by atoms with Crippen molar-refractivity contribution in [2.24, 2.45) is 5.41 Å². The van der Waals surface area contributed by atoms with E-state index in [1.807, 2.05) is 56.5 Å². The number of hydrogen-bond donors (Lipinski definition) is 2. The van der Waals surface area contributed by atoms with Crippen LogP contribution in [0.4, 0.5) is 16.5 Å². The van der Waals surface area contributed by atoms with E-state index in [1.54, 1.807) is 18.2 Å². The van der Waals surface area contributed by atoms with Gasteiger partial charge >= 0.3 is 0 Å². The van der Waals surface area contributed by atoms with E-state index < -0.39 is 5.41 Å². The number of rotatable bonds is 5. The molecular weight excluding hydrogens is 452 g/mol. The van der Waals surface area contributed by atoms with Crippen molar-refractivity contribution in [3.05, 3.63) is 53.9 Å². The molecule has 176 valence electrons. The molecule has 9 heteroatoms. The van der Waals surface area contributed by atoms with Crippen LogP contribution in [0, 0.1) is 5.41 Å². The lowest BCUT2D eigenvalue weighted by atomic mass is 9.95. The summed E-state index contributed by atoms with van der Waals surface area (Å²) in [6.45, 7) is 5.73. The number of benzene rings is 2. The predicted octanol–water partition coefficient (Wildman–Crippen LogP) is 4.55. The average molecular weight is 479 g/mol. The summed E-state index contributed by atoms with van der Waals surface area (Å²) in [7, 11) is 0. The maximum absolute atomic E-state index is 12.7. The number of anilines is 3. The maximum atomic E-state index is 12.7. The van der Waals surface area contributed by atoms with E-state index in [0.717, 1.165) is 5.56 Å². The Balaban J connectivity index is 1.41. The van der Waals surface area contributed by atoms with Crippen molar-refractivity contribution < 1.29 is 19.1 Å². The van der Waals surface area contributed by atoms with Crippen LogP contribution in [0.1, 0.15) is 27.2 Å². The topological polar surface area (TPSA) is 101 Å². The van der Waals surface area contributed by atoms with Crippen LogP contribution in [-0.2, 0) is 14.4 Å². The third-order valence-electron chi connectivity index (χ3n) is 5.20. The fourth-order valence-corrected chi connectivity index (χ4v) is 4.04. The van der Waals surface area contributed by atoms with Gasteiger partial charge in [0, 0.05) is 22.0 Å².